The lowest BCUT2D eigenvalue weighted by Gasteiger charge is -2.17. The zero-order chi connectivity index (χ0) is 14.6. The minimum Gasteiger partial charge on any atom is -0.482 e. The summed E-state index contributed by atoms with van der Waals surface area (Å²) in [6.07, 6.45) is 0. The minimum atomic E-state index is -0.975. The van der Waals surface area contributed by atoms with Gasteiger partial charge < -0.3 is 15.2 Å². The summed E-state index contributed by atoms with van der Waals surface area (Å²) in [7, 11) is 0. The Balaban J connectivity index is 2.53. The van der Waals surface area contributed by atoms with Gasteiger partial charge in [0.15, 0.2) is 6.61 Å². The van der Waals surface area contributed by atoms with Crippen molar-refractivity contribution in [3.05, 3.63) is 27.2 Å². The summed E-state index contributed by atoms with van der Waals surface area (Å²) >= 11 is 17.5. The lowest BCUT2D eigenvalue weighted by molar-refractivity contribution is -0.124. The van der Waals surface area contributed by atoms with Crippen LogP contribution in [0.1, 0.15) is 13.8 Å². The number of rotatable bonds is 5. The first-order valence-corrected chi connectivity index (χ1v) is 6.59. The third kappa shape index (κ3) is 5.87. The Morgan fingerprint density at radius 1 is 1.26 bits per heavy atom. The third-order valence-electron chi connectivity index (χ3n) is 2.05. The van der Waals surface area contributed by atoms with Crippen molar-refractivity contribution in [3.8, 4) is 5.75 Å². The Morgan fingerprint density at radius 2 is 1.84 bits per heavy atom. The van der Waals surface area contributed by atoms with Crippen LogP contribution >= 0.6 is 34.8 Å². The molecule has 19 heavy (non-hydrogen) atoms. The molecule has 0 radical (unpaired) electrons. The molecule has 1 rings (SSSR count). The molecule has 0 saturated carbocycles. The van der Waals surface area contributed by atoms with E-state index < -0.39 is 5.60 Å². The van der Waals surface area contributed by atoms with E-state index in [1.165, 1.54) is 12.1 Å². The molecule has 0 atom stereocenters. The summed E-state index contributed by atoms with van der Waals surface area (Å²) in [5, 5.41) is 12.8. The SMILES string of the molecule is CC(C)(O)CNC(=O)COc1cc(Cl)c(Cl)cc1Cl. The maximum atomic E-state index is 11.5. The van der Waals surface area contributed by atoms with Gasteiger partial charge in [0.1, 0.15) is 5.75 Å². The van der Waals surface area contributed by atoms with Crippen molar-refractivity contribution in [1.29, 1.82) is 0 Å². The molecule has 0 fully saturated rings. The molecule has 106 valence electrons. The number of halogens is 3. The van der Waals surface area contributed by atoms with Gasteiger partial charge in [0.05, 0.1) is 20.7 Å². The fourth-order valence-electron chi connectivity index (χ4n) is 1.12. The number of benzene rings is 1. The van der Waals surface area contributed by atoms with Crippen LogP contribution in [-0.4, -0.2) is 29.8 Å². The van der Waals surface area contributed by atoms with Crippen LogP contribution in [0.15, 0.2) is 12.1 Å². The molecule has 0 spiro atoms. The molecule has 0 heterocycles. The van der Waals surface area contributed by atoms with E-state index in [4.69, 9.17) is 39.5 Å². The quantitative estimate of drug-likeness (QED) is 0.818. The summed E-state index contributed by atoms with van der Waals surface area (Å²) in [5.74, 6) is -0.0984. The number of ether oxygens (including phenoxy) is 1. The molecular weight excluding hydrogens is 312 g/mol. The third-order valence-corrected chi connectivity index (χ3v) is 3.07. The van der Waals surface area contributed by atoms with Crippen molar-refractivity contribution in [3.63, 3.8) is 0 Å². The zero-order valence-corrected chi connectivity index (χ0v) is 12.7. The molecule has 1 amide bonds. The topological polar surface area (TPSA) is 58.6 Å². The number of carbonyl (C=O) groups is 1. The van der Waals surface area contributed by atoms with Crippen LogP contribution in [0.4, 0.5) is 0 Å². The van der Waals surface area contributed by atoms with Gasteiger partial charge in [0, 0.05) is 12.6 Å². The largest absolute Gasteiger partial charge is 0.482 e. The van der Waals surface area contributed by atoms with Crippen molar-refractivity contribution in [2.75, 3.05) is 13.2 Å². The lowest BCUT2D eigenvalue weighted by atomic mass is 10.1. The van der Waals surface area contributed by atoms with E-state index in [1.54, 1.807) is 13.8 Å². The zero-order valence-electron chi connectivity index (χ0n) is 10.5. The maximum Gasteiger partial charge on any atom is 0.258 e. The molecule has 7 heteroatoms. The van der Waals surface area contributed by atoms with E-state index >= 15 is 0 Å². The molecule has 0 aliphatic carbocycles. The van der Waals surface area contributed by atoms with Gasteiger partial charge in [-0.3, -0.25) is 4.79 Å². The van der Waals surface area contributed by atoms with Crippen molar-refractivity contribution >= 4 is 40.7 Å². The number of nitrogens with one attached hydrogen (secondary N) is 1. The van der Waals surface area contributed by atoms with Crippen LogP contribution in [0.5, 0.6) is 5.75 Å². The van der Waals surface area contributed by atoms with E-state index in [0.29, 0.717) is 5.02 Å². The number of hydrogen-bond acceptors (Lipinski definition) is 3. The molecule has 0 aliphatic heterocycles. The molecule has 0 bridgehead atoms. The van der Waals surface area contributed by atoms with E-state index in [9.17, 15) is 9.90 Å². The molecule has 0 saturated heterocycles. The smallest absolute Gasteiger partial charge is 0.258 e. The Bertz CT molecular complexity index is 472. The fourth-order valence-corrected chi connectivity index (χ4v) is 1.72. The highest BCUT2D eigenvalue weighted by Crippen LogP contribution is 2.33. The van der Waals surface area contributed by atoms with Gasteiger partial charge in [0.2, 0.25) is 0 Å². The van der Waals surface area contributed by atoms with E-state index in [1.807, 2.05) is 0 Å². The molecule has 0 aromatic heterocycles. The Kier molecular flexibility index (Phi) is 5.74. The minimum absolute atomic E-state index is 0.129. The molecule has 1 aromatic rings. The second-order valence-electron chi connectivity index (χ2n) is 4.57. The molecule has 2 N–H and O–H groups in total. The summed E-state index contributed by atoms with van der Waals surface area (Å²) in [5.41, 5.74) is -0.975. The monoisotopic (exact) mass is 325 g/mol. The van der Waals surface area contributed by atoms with E-state index in [2.05, 4.69) is 5.32 Å². The average molecular weight is 327 g/mol. The maximum absolute atomic E-state index is 11.5. The predicted molar refractivity (Wildman–Crippen MR) is 76.3 cm³/mol. The van der Waals surface area contributed by atoms with Crippen molar-refractivity contribution in [2.24, 2.45) is 0 Å². The van der Waals surface area contributed by atoms with Gasteiger partial charge in [-0.25, -0.2) is 0 Å². The summed E-state index contributed by atoms with van der Waals surface area (Å²) in [6.45, 7) is 3.08. The molecular formula is C12H14Cl3NO3. The van der Waals surface area contributed by atoms with Gasteiger partial charge in [-0.2, -0.15) is 0 Å². The average Bonchev–Trinajstić information content (AvgIpc) is 2.28. The van der Waals surface area contributed by atoms with Crippen LogP contribution < -0.4 is 10.1 Å². The number of amides is 1. The van der Waals surface area contributed by atoms with Gasteiger partial charge >= 0.3 is 0 Å². The highest BCUT2D eigenvalue weighted by atomic mass is 35.5. The van der Waals surface area contributed by atoms with Crippen LogP contribution in [0.25, 0.3) is 0 Å². The standard InChI is InChI=1S/C12H14Cl3NO3/c1-12(2,18)6-16-11(17)5-19-10-4-8(14)7(13)3-9(10)15/h3-4,18H,5-6H2,1-2H3,(H,16,17). The molecule has 1 aromatic carbocycles. The van der Waals surface area contributed by atoms with Crippen LogP contribution in [0.3, 0.4) is 0 Å². The van der Waals surface area contributed by atoms with Gasteiger partial charge in [-0.15, -0.1) is 0 Å². The highest BCUT2D eigenvalue weighted by molar-refractivity contribution is 6.43. The second-order valence-corrected chi connectivity index (χ2v) is 5.80. The van der Waals surface area contributed by atoms with Gasteiger partial charge in [-0.05, 0) is 19.9 Å². The van der Waals surface area contributed by atoms with Crippen molar-refractivity contribution < 1.29 is 14.6 Å². The number of carbonyl (C=O) groups excluding carboxylic acids is 1. The van der Waals surface area contributed by atoms with Crippen molar-refractivity contribution in [1.82, 2.24) is 5.32 Å². The first-order valence-electron chi connectivity index (χ1n) is 5.45. The first kappa shape index (κ1) is 16.4. The Hall–Kier alpha value is -0.680. The normalized spacial score (nSPS) is 11.3. The Morgan fingerprint density at radius 3 is 2.42 bits per heavy atom. The van der Waals surface area contributed by atoms with E-state index in [0.717, 1.165) is 0 Å². The molecule has 0 unspecified atom stereocenters. The van der Waals surface area contributed by atoms with Crippen LogP contribution in [0.2, 0.25) is 15.1 Å². The lowest BCUT2D eigenvalue weighted by Crippen LogP contribution is -2.40. The summed E-state index contributed by atoms with van der Waals surface area (Å²) in [4.78, 5) is 11.5. The Labute approximate surface area is 126 Å². The first-order chi connectivity index (χ1) is 8.69. The van der Waals surface area contributed by atoms with Crippen LogP contribution in [0, 0.1) is 0 Å². The second kappa shape index (κ2) is 6.66. The molecule has 4 nitrogen and oxygen atoms in total. The van der Waals surface area contributed by atoms with Crippen molar-refractivity contribution in [2.45, 2.75) is 19.4 Å². The fraction of sp³-hybridized carbons (Fsp3) is 0.417. The predicted octanol–water partition coefficient (Wildman–Crippen LogP) is 2.91. The van der Waals surface area contributed by atoms with Gasteiger partial charge in [-0.1, -0.05) is 34.8 Å². The van der Waals surface area contributed by atoms with Crippen LogP contribution in [-0.2, 0) is 4.79 Å². The highest BCUT2D eigenvalue weighted by Gasteiger charge is 2.14. The number of aliphatic hydroxyl groups is 1. The molecule has 0 aliphatic rings. The van der Waals surface area contributed by atoms with E-state index in [-0.39, 0.29) is 34.9 Å². The summed E-state index contributed by atoms with van der Waals surface area (Å²) < 4.78 is 5.23. The van der Waals surface area contributed by atoms with Gasteiger partial charge in [0.25, 0.3) is 5.91 Å². The summed E-state index contributed by atoms with van der Waals surface area (Å²) in [6, 6.07) is 2.88. The number of hydrogen-bond donors (Lipinski definition) is 2.